The Bertz CT molecular complexity index is 931. The number of aliphatic hydroxyl groups excluding tert-OH is 1. The van der Waals surface area contributed by atoms with E-state index < -0.39 is 0 Å². The van der Waals surface area contributed by atoms with E-state index >= 15 is 0 Å². The zero-order valence-corrected chi connectivity index (χ0v) is 49.7. The number of esters is 1. The fraction of sp³-hybridized carbons (Fsp3) is 0.984. The number of rotatable bonds is 54. The summed E-state index contributed by atoms with van der Waals surface area (Å²) in [6, 6.07) is 0. The second kappa shape index (κ2) is 65.3. The summed E-state index contributed by atoms with van der Waals surface area (Å²) in [6.07, 6.45) is 54.9. The molecule has 0 amide bonds. The molecule has 1 fully saturated rings. The molecule has 1 heterocycles. The fourth-order valence-corrected chi connectivity index (χ4v) is 10.2. The lowest BCUT2D eigenvalue weighted by Crippen LogP contribution is -2.50. The minimum Gasteiger partial charge on any atom is -0.469 e. The quantitative estimate of drug-likeness (QED) is 0.0459. The Labute approximate surface area is 446 Å². The van der Waals surface area contributed by atoms with Crippen LogP contribution in [0.4, 0.5) is 0 Å². The lowest BCUT2D eigenvalue weighted by molar-refractivity contribution is -0.140. The molecular formula is C62H133N5O4. The van der Waals surface area contributed by atoms with Gasteiger partial charge in [0.15, 0.2) is 0 Å². The highest BCUT2D eigenvalue weighted by molar-refractivity contribution is 5.68. The van der Waals surface area contributed by atoms with E-state index in [4.69, 9.17) is 9.84 Å². The Balaban J connectivity index is -0.00000900. The number of piperazine rings is 1. The van der Waals surface area contributed by atoms with Crippen LogP contribution in [-0.4, -0.2) is 142 Å². The molecule has 71 heavy (non-hydrogen) atoms. The average Bonchev–Trinajstić information content (AvgIpc) is 3.39. The minimum atomic E-state index is -0.0655. The number of aliphatic hydroxyl groups is 1. The lowest BCUT2D eigenvalue weighted by Gasteiger charge is -2.36. The summed E-state index contributed by atoms with van der Waals surface area (Å²) in [5.74, 6) is -0.0655. The monoisotopic (exact) mass is 1010 g/mol. The van der Waals surface area contributed by atoms with E-state index in [-0.39, 0.29) is 11.4 Å². The molecule has 0 radical (unpaired) electrons. The van der Waals surface area contributed by atoms with Crippen molar-refractivity contribution in [3.05, 3.63) is 0 Å². The summed E-state index contributed by atoms with van der Waals surface area (Å²) in [4.78, 5) is 22.5. The molecule has 430 valence electrons. The second-order valence-corrected chi connectivity index (χ2v) is 21.2. The van der Waals surface area contributed by atoms with Gasteiger partial charge in [-0.05, 0) is 58.3 Å². The van der Waals surface area contributed by atoms with Crippen LogP contribution in [0.5, 0.6) is 0 Å². The summed E-state index contributed by atoms with van der Waals surface area (Å²) in [6.45, 7) is 28.4. The number of hydrogen-bond acceptors (Lipinski definition) is 8. The molecule has 0 aromatic heterocycles. The van der Waals surface area contributed by atoms with Gasteiger partial charge in [0.05, 0.1) is 7.11 Å². The van der Waals surface area contributed by atoms with Crippen LogP contribution in [0.3, 0.4) is 0 Å². The van der Waals surface area contributed by atoms with E-state index in [0.717, 1.165) is 33.0 Å². The third kappa shape index (κ3) is 56.7. The first-order valence-electron chi connectivity index (χ1n) is 31.7. The Morgan fingerprint density at radius 2 is 0.676 bits per heavy atom. The van der Waals surface area contributed by atoms with Crippen molar-refractivity contribution in [2.75, 3.05) is 106 Å². The van der Waals surface area contributed by atoms with Gasteiger partial charge in [-0.2, -0.15) is 0 Å². The van der Waals surface area contributed by atoms with Crippen LogP contribution in [0.1, 0.15) is 291 Å². The normalized spacial score (nSPS) is 13.0. The first-order valence-corrected chi connectivity index (χ1v) is 31.7. The van der Waals surface area contributed by atoms with Crippen molar-refractivity contribution < 1.29 is 20.1 Å². The number of unbranched alkanes of at least 4 members (excludes halogenated alkanes) is 35. The van der Waals surface area contributed by atoms with Crippen molar-refractivity contribution in [3.8, 4) is 0 Å². The van der Waals surface area contributed by atoms with Crippen molar-refractivity contribution in [1.29, 1.82) is 0 Å². The molecule has 0 atom stereocenters. The Morgan fingerprint density at radius 1 is 0.394 bits per heavy atom. The van der Waals surface area contributed by atoms with Gasteiger partial charge >= 0.3 is 5.97 Å². The molecule has 0 aliphatic carbocycles. The predicted octanol–water partition coefficient (Wildman–Crippen LogP) is 15.4. The first kappa shape index (κ1) is 74.4. The molecule has 1 saturated heterocycles. The topological polar surface area (TPSA) is 103 Å². The molecule has 0 aromatic rings. The molecule has 4 N–H and O–H groups in total. The maximum absolute atomic E-state index is 11.2. The first-order chi connectivity index (χ1) is 34.6. The second-order valence-electron chi connectivity index (χ2n) is 21.2. The Hall–Kier alpha value is -0.810. The number of carbonyl (C=O) groups is 1. The molecule has 1 aliphatic rings. The van der Waals surface area contributed by atoms with E-state index in [1.165, 1.54) is 323 Å². The van der Waals surface area contributed by atoms with Crippen LogP contribution >= 0.6 is 0 Å². The number of hydrogen-bond donors (Lipinski definition) is 2. The molecule has 0 saturated carbocycles. The van der Waals surface area contributed by atoms with Crippen molar-refractivity contribution in [2.45, 2.75) is 291 Å². The maximum atomic E-state index is 11.2. The highest BCUT2D eigenvalue weighted by atomic mass is 16.5. The molecule has 0 aromatic carbocycles. The van der Waals surface area contributed by atoms with E-state index in [2.05, 4.69) is 45.7 Å². The van der Waals surface area contributed by atoms with Gasteiger partial charge in [0.25, 0.3) is 0 Å². The van der Waals surface area contributed by atoms with Crippen molar-refractivity contribution in [3.63, 3.8) is 0 Å². The zero-order valence-electron chi connectivity index (χ0n) is 49.7. The van der Waals surface area contributed by atoms with E-state index in [9.17, 15) is 4.79 Å². The minimum absolute atomic E-state index is 0. The molecular weight excluding hydrogens is 879 g/mol. The van der Waals surface area contributed by atoms with Gasteiger partial charge in [-0.3, -0.25) is 14.6 Å². The van der Waals surface area contributed by atoms with Crippen LogP contribution in [0, 0.1) is 0 Å². The molecule has 0 spiro atoms. The lowest BCUT2D eigenvalue weighted by atomic mass is 10.1. The number of carbonyl (C=O) groups excluding carboxylic acids is 1. The SMILES string of the molecule is CC.CCCCCCCCCCCCN(CCCCCCCCCCCC)CCN(CCCCCCCCCCCC)CCN1CCN(CCNCCCCCCCCCCCC(=O)OC)CC1.CO.O. The van der Waals surface area contributed by atoms with Gasteiger partial charge in [-0.15, -0.1) is 0 Å². The van der Waals surface area contributed by atoms with E-state index in [1.807, 2.05) is 13.8 Å². The van der Waals surface area contributed by atoms with Crippen LogP contribution in [0.15, 0.2) is 0 Å². The smallest absolute Gasteiger partial charge is 0.305 e. The van der Waals surface area contributed by atoms with Gasteiger partial charge in [0.2, 0.25) is 0 Å². The third-order valence-electron chi connectivity index (χ3n) is 15.0. The van der Waals surface area contributed by atoms with Crippen LogP contribution in [0.25, 0.3) is 0 Å². The van der Waals surface area contributed by atoms with Gasteiger partial charge in [0.1, 0.15) is 0 Å². The van der Waals surface area contributed by atoms with Gasteiger partial charge in [-0.25, -0.2) is 0 Å². The van der Waals surface area contributed by atoms with Crippen molar-refractivity contribution >= 4 is 5.97 Å². The standard InChI is InChI=1S/C59H121N5O2.C2H6.CH4O.H2O/c1-5-8-11-14-17-20-26-31-36-41-47-61(48-42-37-32-27-21-18-15-12-9-6-2)51-52-62(49-43-38-33-28-22-19-16-13-10-7-3)53-56-64-57-54-63(55-58-64)50-46-60-45-40-35-30-25-23-24-29-34-39-44-59(65)66-4;2*1-2;/h60H,5-58H2,1-4H3;1-2H3;2H,1H3;1H2. The van der Waals surface area contributed by atoms with Crippen molar-refractivity contribution in [1.82, 2.24) is 24.9 Å². The summed E-state index contributed by atoms with van der Waals surface area (Å²) >= 11 is 0. The van der Waals surface area contributed by atoms with Gasteiger partial charge < -0.3 is 30.4 Å². The molecule has 9 heteroatoms. The van der Waals surface area contributed by atoms with E-state index in [0.29, 0.717) is 6.42 Å². The third-order valence-corrected chi connectivity index (χ3v) is 15.0. The van der Waals surface area contributed by atoms with Crippen LogP contribution in [-0.2, 0) is 9.53 Å². The molecule has 1 rings (SSSR count). The largest absolute Gasteiger partial charge is 0.469 e. The molecule has 9 nitrogen and oxygen atoms in total. The number of nitrogens with one attached hydrogen (secondary N) is 1. The molecule has 0 bridgehead atoms. The Morgan fingerprint density at radius 3 is 1.01 bits per heavy atom. The molecule has 1 aliphatic heterocycles. The zero-order chi connectivity index (χ0) is 51.5. The summed E-state index contributed by atoms with van der Waals surface area (Å²) in [5.41, 5.74) is 0. The fourth-order valence-electron chi connectivity index (χ4n) is 10.2. The summed E-state index contributed by atoms with van der Waals surface area (Å²) in [7, 11) is 2.48. The highest BCUT2D eigenvalue weighted by Crippen LogP contribution is 2.16. The molecule has 0 unspecified atom stereocenters. The van der Waals surface area contributed by atoms with E-state index in [1.54, 1.807) is 0 Å². The number of methoxy groups -OCH3 is 1. The van der Waals surface area contributed by atoms with Crippen LogP contribution < -0.4 is 5.32 Å². The van der Waals surface area contributed by atoms with Gasteiger partial charge in [0, 0.05) is 79.0 Å². The Kier molecular flexibility index (Phi) is 68.5. The van der Waals surface area contributed by atoms with Gasteiger partial charge in [-0.1, -0.05) is 253 Å². The van der Waals surface area contributed by atoms with Crippen molar-refractivity contribution in [2.24, 2.45) is 0 Å². The highest BCUT2D eigenvalue weighted by Gasteiger charge is 2.18. The number of ether oxygens (including phenoxy) is 1. The summed E-state index contributed by atoms with van der Waals surface area (Å²) in [5, 5.41) is 10.8. The predicted molar refractivity (Wildman–Crippen MR) is 315 cm³/mol. The number of nitrogens with zero attached hydrogens (tertiary/aromatic N) is 4. The maximum Gasteiger partial charge on any atom is 0.305 e. The van der Waals surface area contributed by atoms with Crippen LogP contribution in [0.2, 0.25) is 0 Å². The summed E-state index contributed by atoms with van der Waals surface area (Å²) < 4.78 is 4.74. The average molecular weight is 1010 g/mol.